The molecule has 6 heteroatoms. The number of thiazole rings is 1. The molecule has 1 aromatic heterocycles. The minimum atomic E-state index is -0.264. The van der Waals surface area contributed by atoms with E-state index in [1.54, 1.807) is 18.4 Å². The summed E-state index contributed by atoms with van der Waals surface area (Å²) in [7, 11) is 3.07. The second-order valence-electron chi connectivity index (χ2n) is 3.96. The standard InChI is InChI=1S/C12H20N2O3S/c1-5-14(9(2)7-16-3)12-13-10(8-18-12)6-11(15)17-4/h8-9H,5-7H2,1-4H3. The molecule has 1 heterocycles. The topological polar surface area (TPSA) is 51.7 Å². The van der Waals surface area contributed by atoms with Gasteiger partial charge in [-0.25, -0.2) is 4.98 Å². The van der Waals surface area contributed by atoms with Crippen LogP contribution >= 0.6 is 11.3 Å². The van der Waals surface area contributed by atoms with Crippen molar-refractivity contribution in [2.45, 2.75) is 26.3 Å². The van der Waals surface area contributed by atoms with Crippen LogP contribution in [0.5, 0.6) is 0 Å². The first-order valence-corrected chi connectivity index (χ1v) is 6.77. The van der Waals surface area contributed by atoms with E-state index in [1.807, 2.05) is 5.38 Å². The van der Waals surface area contributed by atoms with Gasteiger partial charge in [-0.05, 0) is 13.8 Å². The molecule has 0 aliphatic heterocycles. The Bertz CT molecular complexity index is 381. The zero-order valence-electron chi connectivity index (χ0n) is 11.3. The van der Waals surface area contributed by atoms with Crippen LogP contribution in [0.4, 0.5) is 5.13 Å². The smallest absolute Gasteiger partial charge is 0.311 e. The summed E-state index contributed by atoms with van der Waals surface area (Å²) in [6, 6.07) is 0.261. The summed E-state index contributed by atoms with van der Waals surface area (Å²) < 4.78 is 9.79. The van der Waals surface area contributed by atoms with Crippen molar-refractivity contribution >= 4 is 22.4 Å². The highest BCUT2D eigenvalue weighted by molar-refractivity contribution is 7.13. The number of anilines is 1. The van der Waals surface area contributed by atoms with Gasteiger partial charge in [-0.2, -0.15) is 0 Å². The molecule has 102 valence electrons. The highest BCUT2D eigenvalue weighted by Gasteiger charge is 2.17. The molecule has 0 aromatic carbocycles. The number of ether oxygens (including phenoxy) is 2. The first-order valence-electron chi connectivity index (χ1n) is 5.89. The van der Waals surface area contributed by atoms with E-state index in [-0.39, 0.29) is 18.4 Å². The molecule has 1 unspecified atom stereocenters. The zero-order valence-corrected chi connectivity index (χ0v) is 12.1. The number of esters is 1. The molecule has 0 N–H and O–H groups in total. The minimum Gasteiger partial charge on any atom is -0.469 e. The number of carbonyl (C=O) groups excluding carboxylic acids is 1. The van der Waals surface area contributed by atoms with Crippen LogP contribution in [-0.2, 0) is 20.7 Å². The van der Waals surface area contributed by atoms with Crippen LogP contribution in [0.15, 0.2) is 5.38 Å². The van der Waals surface area contributed by atoms with Crippen molar-refractivity contribution in [3.05, 3.63) is 11.1 Å². The highest BCUT2D eigenvalue weighted by Crippen LogP contribution is 2.22. The average Bonchev–Trinajstić information content (AvgIpc) is 2.78. The molecule has 0 radical (unpaired) electrons. The molecule has 5 nitrogen and oxygen atoms in total. The van der Waals surface area contributed by atoms with Crippen LogP contribution in [0.3, 0.4) is 0 Å². The Morgan fingerprint density at radius 2 is 2.28 bits per heavy atom. The molecule has 0 saturated carbocycles. The van der Waals surface area contributed by atoms with E-state index in [4.69, 9.17) is 4.74 Å². The van der Waals surface area contributed by atoms with Gasteiger partial charge in [0.1, 0.15) is 0 Å². The predicted octanol–water partition coefficient (Wildman–Crippen LogP) is 1.72. The summed E-state index contributed by atoms with van der Waals surface area (Å²) in [4.78, 5) is 17.8. The van der Waals surface area contributed by atoms with Gasteiger partial charge >= 0.3 is 5.97 Å². The first-order chi connectivity index (χ1) is 8.62. The molecule has 18 heavy (non-hydrogen) atoms. The summed E-state index contributed by atoms with van der Waals surface area (Å²) >= 11 is 1.54. The number of rotatable bonds is 7. The maximum absolute atomic E-state index is 11.2. The van der Waals surface area contributed by atoms with Gasteiger partial charge in [0.25, 0.3) is 0 Å². The number of aromatic nitrogens is 1. The molecule has 0 fully saturated rings. The predicted molar refractivity (Wildman–Crippen MR) is 72.2 cm³/mol. The maximum Gasteiger partial charge on any atom is 0.311 e. The van der Waals surface area contributed by atoms with Crippen molar-refractivity contribution in [2.75, 3.05) is 32.3 Å². The van der Waals surface area contributed by atoms with Crippen LogP contribution in [-0.4, -0.2) is 44.4 Å². The lowest BCUT2D eigenvalue weighted by atomic mass is 10.3. The van der Waals surface area contributed by atoms with E-state index in [2.05, 4.69) is 28.5 Å². The second kappa shape index (κ2) is 7.33. The van der Waals surface area contributed by atoms with Crippen molar-refractivity contribution in [3.63, 3.8) is 0 Å². The number of carbonyl (C=O) groups is 1. The quantitative estimate of drug-likeness (QED) is 0.707. The number of likely N-dealkylation sites (N-methyl/N-ethyl adjacent to an activating group) is 1. The third-order valence-corrected chi connectivity index (χ3v) is 3.55. The lowest BCUT2D eigenvalue weighted by Crippen LogP contribution is -2.36. The van der Waals surface area contributed by atoms with Crippen LogP contribution in [0.2, 0.25) is 0 Å². The molecule has 0 aliphatic rings. The van der Waals surface area contributed by atoms with E-state index in [0.29, 0.717) is 6.61 Å². The molecule has 0 aliphatic carbocycles. The molecule has 1 rings (SSSR count). The van der Waals surface area contributed by atoms with Gasteiger partial charge in [0, 0.05) is 19.0 Å². The molecule has 0 saturated heterocycles. The molecule has 1 atom stereocenters. The van der Waals surface area contributed by atoms with Gasteiger partial charge in [0.2, 0.25) is 0 Å². The van der Waals surface area contributed by atoms with Crippen molar-refractivity contribution in [2.24, 2.45) is 0 Å². The fraction of sp³-hybridized carbons (Fsp3) is 0.667. The molecule has 1 aromatic rings. The second-order valence-corrected chi connectivity index (χ2v) is 4.80. The Labute approximate surface area is 112 Å². The number of hydrogen-bond acceptors (Lipinski definition) is 6. The third kappa shape index (κ3) is 3.96. The SMILES string of the molecule is CCN(c1nc(CC(=O)OC)cs1)C(C)COC. The van der Waals surface area contributed by atoms with Crippen molar-refractivity contribution in [3.8, 4) is 0 Å². The van der Waals surface area contributed by atoms with Gasteiger partial charge in [-0.1, -0.05) is 0 Å². The summed E-state index contributed by atoms with van der Waals surface area (Å²) in [5.74, 6) is -0.264. The van der Waals surface area contributed by atoms with Crippen molar-refractivity contribution in [1.29, 1.82) is 0 Å². The highest BCUT2D eigenvalue weighted by atomic mass is 32.1. The van der Waals surface area contributed by atoms with Crippen molar-refractivity contribution < 1.29 is 14.3 Å². The molecule has 0 amide bonds. The zero-order chi connectivity index (χ0) is 13.5. The minimum absolute atomic E-state index is 0.225. The summed E-state index contributed by atoms with van der Waals surface area (Å²) in [6.45, 7) is 5.68. The Morgan fingerprint density at radius 1 is 1.56 bits per heavy atom. The number of methoxy groups -OCH3 is 2. The van der Waals surface area contributed by atoms with Gasteiger partial charge in [0.05, 0.1) is 31.9 Å². The van der Waals surface area contributed by atoms with E-state index < -0.39 is 0 Å². The van der Waals surface area contributed by atoms with Crippen LogP contribution in [0.25, 0.3) is 0 Å². The number of nitrogens with zero attached hydrogens (tertiary/aromatic N) is 2. The monoisotopic (exact) mass is 272 g/mol. The van der Waals surface area contributed by atoms with Gasteiger partial charge in [0.15, 0.2) is 5.13 Å². The number of hydrogen-bond donors (Lipinski definition) is 0. The Morgan fingerprint density at radius 3 is 2.83 bits per heavy atom. The van der Waals surface area contributed by atoms with Gasteiger partial charge < -0.3 is 14.4 Å². The van der Waals surface area contributed by atoms with E-state index in [9.17, 15) is 4.79 Å². The van der Waals surface area contributed by atoms with Gasteiger partial charge in [-0.15, -0.1) is 11.3 Å². The Kier molecular flexibility index (Phi) is 6.07. The van der Waals surface area contributed by atoms with E-state index in [1.165, 1.54) is 7.11 Å². The van der Waals surface area contributed by atoms with E-state index in [0.717, 1.165) is 17.4 Å². The van der Waals surface area contributed by atoms with Crippen LogP contribution in [0.1, 0.15) is 19.5 Å². The Hall–Kier alpha value is -1.14. The third-order valence-electron chi connectivity index (χ3n) is 2.62. The lowest BCUT2D eigenvalue weighted by Gasteiger charge is -2.26. The lowest BCUT2D eigenvalue weighted by molar-refractivity contribution is -0.139. The fourth-order valence-electron chi connectivity index (χ4n) is 1.70. The maximum atomic E-state index is 11.2. The van der Waals surface area contributed by atoms with E-state index >= 15 is 0 Å². The average molecular weight is 272 g/mol. The molecule has 0 bridgehead atoms. The molecular weight excluding hydrogens is 252 g/mol. The first kappa shape index (κ1) is 14.9. The summed E-state index contributed by atoms with van der Waals surface area (Å²) in [5.41, 5.74) is 0.755. The van der Waals surface area contributed by atoms with Gasteiger partial charge in [-0.3, -0.25) is 4.79 Å². The van der Waals surface area contributed by atoms with Crippen LogP contribution < -0.4 is 4.90 Å². The summed E-state index contributed by atoms with van der Waals surface area (Å²) in [5, 5.41) is 2.81. The van der Waals surface area contributed by atoms with Crippen LogP contribution in [0, 0.1) is 0 Å². The normalized spacial score (nSPS) is 12.2. The fourth-order valence-corrected chi connectivity index (χ4v) is 2.69. The van der Waals surface area contributed by atoms with Crippen molar-refractivity contribution in [1.82, 2.24) is 4.98 Å². The largest absolute Gasteiger partial charge is 0.469 e. The molecule has 0 spiro atoms. The Balaban J connectivity index is 2.72. The molecular formula is C12H20N2O3S. The summed E-state index contributed by atoms with van der Waals surface area (Å²) in [6.07, 6.45) is 0.225.